The predicted molar refractivity (Wildman–Crippen MR) is 55.4 cm³/mol. The molecule has 0 bridgehead atoms. The second-order valence-electron chi connectivity index (χ2n) is 4.05. The first-order chi connectivity index (χ1) is 6.65. The Morgan fingerprint density at radius 2 is 1.64 bits per heavy atom. The van der Waals surface area contributed by atoms with Crippen LogP contribution in [0.1, 0.15) is 27.2 Å². The van der Waals surface area contributed by atoms with E-state index >= 15 is 0 Å². The summed E-state index contributed by atoms with van der Waals surface area (Å²) in [7, 11) is 3.48. The lowest BCUT2D eigenvalue weighted by molar-refractivity contribution is -0.208. The molecular formula is C11H22O3. The minimum absolute atomic E-state index is 0.0659. The molecule has 0 amide bonds. The molecule has 1 aliphatic heterocycles. The molecule has 1 rings (SSSR count). The van der Waals surface area contributed by atoms with Gasteiger partial charge in [-0.05, 0) is 13.3 Å². The van der Waals surface area contributed by atoms with Gasteiger partial charge in [0.1, 0.15) is 6.10 Å². The molecule has 0 aliphatic carbocycles. The zero-order valence-electron chi connectivity index (χ0n) is 9.82. The lowest BCUT2D eigenvalue weighted by atomic mass is 9.87. The van der Waals surface area contributed by atoms with Crippen molar-refractivity contribution in [2.45, 2.75) is 51.6 Å². The van der Waals surface area contributed by atoms with Crippen molar-refractivity contribution in [3.05, 3.63) is 0 Å². The van der Waals surface area contributed by atoms with Gasteiger partial charge in [0.25, 0.3) is 0 Å². The van der Waals surface area contributed by atoms with Gasteiger partial charge in [-0.15, -0.1) is 0 Å². The highest BCUT2D eigenvalue weighted by Gasteiger charge is 2.41. The molecule has 0 aromatic carbocycles. The first-order valence-electron chi connectivity index (χ1n) is 5.36. The van der Waals surface area contributed by atoms with Crippen LogP contribution in [0, 0.1) is 5.92 Å². The van der Waals surface area contributed by atoms with Gasteiger partial charge < -0.3 is 14.2 Å². The summed E-state index contributed by atoms with van der Waals surface area (Å²) in [6, 6.07) is 0. The van der Waals surface area contributed by atoms with Crippen LogP contribution in [0.4, 0.5) is 0 Å². The van der Waals surface area contributed by atoms with Gasteiger partial charge in [0.15, 0.2) is 0 Å². The minimum Gasteiger partial charge on any atom is -0.378 e. The molecule has 0 spiro atoms. The first-order valence-corrected chi connectivity index (χ1v) is 5.36. The fraction of sp³-hybridized carbons (Fsp3) is 1.00. The fourth-order valence-corrected chi connectivity index (χ4v) is 2.22. The molecule has 0 aromatic heterocycles. The Balaban J connectivity index is 2.75. The summed E-state index contributed by atoms with van der Waals surface area (Å²) >= 11 is 0. The zero-order valence-corrected chi connectivity index (χ0v) is 9.82. The summed E-state index contributed by atoms with van der Waals surface area (Å²) in [6.45, 7) is 6.37. The molecule has 1 heterocycles. The molecule has 5 atom stereocenters. The van der Waals surface area contributed by atoms with Crippen LogP contribution in [0.25, 0.3) is 0 Å². The SMILES string of the molecule is CCC1O[C@@H](C)C(C)C(OC)C1OC. The van der Waals surface area contributed by atoms with Crippen molar-refractivity contribution >= 4 is 0 Å². The molecular weight excluding hydrogens is 180 g/mol. The summed E-state index contributed by atoms with van der Waals surface area (Å²) < 4.78 is 16.8. The molecule has 14 heavy (non-hydrogen) atoms. The van der Waals surface area contributed by atoms with Crippen molar-refractivity contribution in [1.29, 1.82) is 0 Å². The summed E-state index contributed by atoms with van der Waals surface area (Å²) in [6.07, 6.45) is 1.59. The topological polar surface area (TPSA) is 27.7 Å². The number of hydrogen-bond donors (Lipinski definition) is 0. The minimum atomic E-state index is 0.0659. The second-order valence-corrected chi connectivity index (χ2v) is 4.05. The summed E-state index contributed by atoms with van der Waals surface area (Å²) in [5.41, 5.74) is 0. The van der Waals surface area contributed by atoms with Crippen molar-refractivity contribution in [2.75, 3.05) is 14.2 Å². The number of methoxy groups -OCH3 is 2. The summed E-state index contributed by atoms with van der Waals surface area (Å²) in [5, 5.41) is 0. The van der Waals surface area contributed by atoms with E-state index in [1.165, 1.54) is 0 Å². The third-order valence-electron chi connectivity index (χ3n) is 3.29. The Hall–Kier alpha value is -0.120. The fourth-order valence-electron chi connectivity index (χ4n) is 2.22. The molecule has 0 N–H and O–H groups in total. The molecule has 0 aromatic rings. The third kappa shape index (κ3) is 2.10. The van der Waals surface area contributed by atoms with E-state index in [1.807, 2.05) is 0 Å². The van der Waals surface area contributed by atoms with E-state index in [9.17, 15) is 0 Å². The van der Waals surface area contributed by atoms with Gasteiger partial charge in [-0.1, -0.05) is 13.8 Å². The average Bonchev–Trinajstić information content (AvgIpc) is 2.20. The molecule has 0 saturated carbocycles. The van der Waals surface area contributed by atoms with E-state index in [0.29, 0.717) is 5.92 Å². The second kappa shape index (κ2) is 5.10. The van der Waals surface area contributed by atoms with E-state index in [2.05, 4.69) is 20.8 Å². The van der Waals surface area contributed by atoms with E-state index < -0.39 is 0 Å². The number of ether oxygens (including phenoxy) is 3. The van der Waals surface area contributed by atoms with E-state index in [0.717, 1.165) is 6.42 Å². The Kier molecular flexibility index (Phi) is 4.35. The maximum atomic E-state index is 5.88. The van der Waals surface area contributed by atoms with Crippen LogP contribution in [0.3, 0.4) is 0 Å². The van der Waals surface area contributed by atoms with Gasteiger partial charge in [-0.3, -0.25) is 0 Å². The van der Waals surface area contributed by atoms with Crippen LogP contribution in [-0.2, 0) is 14.2 Å². The van der Waals surface area contributed by atoms with Crippen molar-refractivity contribution in [1.82, 2.24) is 0 Å². The maximum Gasteiger partial charge on any atom is 0.110 e. The highest BCUT2D eigenvalue weighted by atomic mass is 16.6. The van der Waals surface area contributed by atoms with Gasteiger partial charge in [-0.25, -0.2) is 0 Å². The Labute approximate surface area is 86.7 Å². The van der Waals surface area contributed by atoms with Crippen molar-refractivity contribution in [2.24, 2.45) is 5.92 Å². The Bertz CT molecular complexity index is 168. The van der Waals surface area contributed by atoms with Gasteiger partial charge in [0.05, 0.1) is 18.3 Å². The normalized spacial score (nSPS) is 43.9. The average molecular weight is 202 g/mol. The van der Waals surface area contributed by atoms with Crippen LogP contribution in [0.15, 0.2) is 0 Å². The molecule has 84 valence electrons. The highest BCUT2D eigenvalue weighted by Crippen LogP contribution is 2.30. The van der Waals surface area contributed by atoms with Crippen LogP contribution < -0.4 is 0 Å². The molecule has 4 unspecified atom stereocenters. The van der Waals surface area contributed by atoms with Gasteiger partial charge in [-0.2, -0.15) is 0 Å². The van der Waals surface area contributed by atoms with Crippen LogP contribution in [-0.4, -0.2) is 38.6 Å². The standard InChI is InChI=1S/C11H22O3/c1-6-9-11(13-5)10(12-4)7(2)8(3)14-9/h7-11H,6H2,1-5H3/t7?,8-,9?,10?,11?/m0/s1. The molecule has 1 fully saturated rings. The monoisotopic (exact) mass is 202 g/mol. The van der Waals surface area contributed by atoms with Gasteiger partial charge >= 0.3 is 0 Å². The van der Waals surface area contributed by atoms with Crippen LogP contribution in [0.5, 0.6) is 0 Å². The van der Waals surface area contributed by atoms with Crippen molar-refractivity contribution in [3.63, 3.8) is 0 Å². The van der Waals surface area contributed by atoms with Crippen molar-refractivity contribution < 1.29 is 14.2 Å². The van der Waals surface area contributed by atoms with E-state index in [4.69, 9.17) is 14.2 Å². The smallest absolute Gasteiger partial charge is 0.110 e. The Morgan fingerprint density at radius 3 is 2.07 bits per heavy atom. The summed E-state index contributed by atoms with van der Waals surface area (Å²) in [4.78, 5) is 0. The molecule has 1 aliphatic rings. The highest BCUT2D eigenvalue weighted by molar-refractivity contribution is 4.89. The maximum absolute atomic E-state index is 5.88. The predicted octanol–water partition coefficient (Wildman–Crippen LogP) is 1.85. The third-order valence-corrected chi connectivity index (χ3v) is 3.29. The molecule has 3 nitrogen and oxygen atoms in total. The number of hydrogen-bond acceptors (Lipinski definition) is 3. The largest absolute Gasteiger partial charge is 0.378 e. The van der Waals surface area contributed by atoms with E-state index in [-0.39, 0.29) is 24.4 Å². The van der Waals surface area contributed by atoms with E-state index in [1.54, 1.807) is 14.2 Å². The first kappa shape index (κ1) is 12.0. The summed E-state index contributed by atoms with van der Waals surface area (Å²) in [5.74, 6) is 0.382. The molecule has 3 heteroatoms. The lowest BCUT2D eigenvalue weighted by Gasteiger charge is -2.43. The number of rotatable bonds is 3. The molecule has 1 saturated heterocycles. The van der Waals surface area contributed by atoms with Gasteiger partial charge in [0, 0.05) is 20.1 Å². The lowest BCUT2D eigenvalue weighted by Crippen LogP contribution is -2.54. The zero-order chi connectivity index (χ0) is 10.7. The quantitative estimate of drug-likeness (QED) is 0.699. The Morgan fingerprint density at radius 1 is 1.07 bits per heavy atom. The molecule has 0 radical (unpaired) electrons. The van der Waals surface area contributed by atoms with Crippen LogP contribution in [0.2, 0.25) is 0 Å². The van der Waals surface area contributed by atoms with Crippen molar-refractivity contribution in [3.8, 4) is 0 Å². The van der Waals surface area contributed by atoms with Crippen LogP contribution >= 0.6 is 0 Å². The van der Waals surface area contributed by atoms with Gasteiger partial charge in [0.2, 0.25) is 0 Å².